The van der Waals surface area contributed by atoms with Gasteiger partial charge < -0.3 is 9.05 Å². The Kier molecular flexibility index (Phi) is 5.24. The molecule has 0 bridgehead atoms. The minimum absolute atomic E-state index is 0.00842. The molecule has 4 heteroatoms. The van der Waals surface area contributed by atoms with Crippen molar-refractivity contribution in [2.45, 2.75) is 37.5 Å². The normalized spacial score (nSPS) is 24.3. The van der Waals surface area contributed by atoms with Gasteiger partial charge in [0.15, 0.2) is 0 Å². The maximum Gasteiger partial charge on any atom is 0.261 e. The van der Waals surface area contributed by atoms with Gasteiger partial charge in [-0.3, -0.25) is 0 Å². The molecule has 3 atom stereocenters. The molecule has 5 rings (SSSR count). The molecule has 3 aromatic rings. The van der Waals surface area contributed by atoms with Crippen molar-refractivity contribution < 1.29 is 9.05 Å². The smallest absolute Gasteiger partial charge is 0.261 e. The Hall–Kier alpha value is -2.03. The lowest BCUT2D eigenvalue weighted by atomic mass is 9.79. The standard InChI is InChI=1S/C25H26NO2P/c1-20(21-12-5-2-6-13-21)27-29-26-19-11-18-24(26)25(28-29,22-14-7-3-8-15-22)23-16-9-4-10-17-23/h2-10,12-17,20,24H,11,18-19H2,1H3/t20-,24-,29?/m0/s1. The van der Waals surface area contributed by atoms with Crippen LogP contribution in [0.3, 0.4) is 0 Å². The summed E-state index contributed by atoms with van der Waals surface area (Å²) in [6.07, 6.45) is 2.29. The van der Waals surface area contributed by atoms with Gasteiger partial charge in [0, 0.05) is 6.54 Å². The van der Waals surface area contributed by atoms with Crippen LogP contribution in [0.5, 0.6) is 0 Å². The molecule has 148 valence electrons. The van der Waals surface area contributed by atoms with Gasteiger partial charge in [0.1, 0.15) is 5.60 Å². The first-order valence-electron chi connectivity index (χ1n) is 10.4. The van der Waals surface area contributed by atoms with Crippen LogP contribution in [0.1, 0.15) is 42.6 Å². The molecular formula is C25H26NO2P. The summed E-state index contributed by atoms with van der Waals surface area (Å²) in [5.74, 6) is 0. The van der Waals surface area contributed by atoms with E-state index in [1.54, 1.807) is 0 Å². The Morgan fingerprint density at radius 2 is 1.45 bits per heavy atom. The number of rotatable bonds is 5. The van der Waals surface area contributed by atoms with Crippen LogP contribution in [0.15, 0.2) is 91.0 Å². The van der Waals surface area contributed by atoms with Gasteiger partial charge >= 0.3 is 0 Å². The van der Waals surface area contributed by atoms with E-state index < -0.39 is 14.1 Å². The third-order valence-electron chi connectivity index (χ3n) is 6.05. The SMILES string of the molecule is C[C@H](OP1OC(c2ccccc2)(c2ccccc2)[C@@H]2CCCN21)c1ccccc1. The Morgan fingerprint density at radius 3 is 2.03 bits per heavy atom. The van der Waals surface area contributed by atoms with E-state index in [0.29, 0.717) is 6.04 Å². The van der Waals surface area contributed by atoms with Gasteiger partial charge in [0.25, 0.3) is 8.53 Å². The highest BCUT2D eigenvalue weighted by atomic mass is 31.2. The summed E-state index contributed by atoms with van der Waals surface area (Å²) in [6, 6.07) is 32.1. The van der Waals surface area contributed by atoms with E-state index in [1.165, 1.54) is 23.1 Å². The molecule has 2 saturated heterocycles. The number of hydrogen-bond donors (Lipinski definition) is 0. The summed E-state index contributed by atoms with van der Waals surface area (Å²) in [4.78, 5) is 0. The molecule has 2 fully saturated rings. The van der Waals surface area contributed by atoms with Gasteiger partial charge in [0.2, 0.25) is 0 Å². The number of fused-ring (bicyclic) bond motifs is 1. The van der Waals surface area contributed by atoms with Crippen LogP contribution in [-0.4, -0.2) is 17.3 Å². The number of nitrogens with zero attached hydrogens (tertiary/aromatic N) is 1. The van der Waals surface area contributed by atoms with E-state index in [9.17, 15) is 0 Å². The molecule has 2 aliphatic rings. The molecule has 0 spiro atoms. The maximum absolute atomic E-state index is 6.95. The minimum atomic E-state index is -1.15. The zero-order valence-electron chi connectivity index (χ0n) is 16.6. The zero-order valence-corrected chi connectivity index (χ0v) is 17.5. The fourth-order valence-corrected chi connectivity index (χ4v) is 6.68. The molecule has 2 aliphatic heterocycles. The van der Waals surface area contributed by atoms with Crippen LogP contribution < -0.4 is 0 Å². The lowest BCUT2D eigenvalue weighted by Gasteiger charge is -2.34. The summed E-state index contributed by atoms with van der Waals surface area (Å²) in [6.45, 7) is 3.15. The Bertz CT molecular complexity index is 895. The van der Waals surface area contributed by atoms with E-state index >= 15 is 0 Å². The van der Waals surface area contributed by atoms with Gasteiger partial charge in [-0.1, -0.05) is 91.0 Å². The molecule has 0 saturated carbocycles. The molecule has 0 aliphatic carbocycles. The second kappa shape index (κ2) is 8.01. The predicted molar refractivity (Wildman–Crippen MR) is 117 cm³/mol. The van der Waals surface area contributed by atoms with Crippen molar-refractivity contribution in [3.8, 4) is 0 Å². The summed E-state index contributed by atoms with van der Waals surface area (Å²) < 4.78 is 16.0. The van der Waals surface area contributed by atoms with Crippen LogP contribution in [0.25, 0.3) is 0 Å². The number of benzene rings is 3. The molecule has 0 aromatic heterocycles. The van der Waals surface area contributed by atoms with Crippen LogP contribution >= 0.6 is 8.53 Å². The molecule has 0 radical (unpaired) electrons. The Balaban J connectivity index is 1.54. The monoisotopic (exact) mass is 403 g/mol. The maximum atomic E-state index is 6.95. The highest BCUT2D eigenvalue weighted by molar-refractivity contribution is 7.45. The molecule has 29 heavy (non-hydrogen) atoms. The third-order valence-corrected chi connectivity index (χ3v) is 7.89. The topological polar surface area (TPSA) is 21.7 Å². The van der Waals surface area contributed by atoms with Gasteiger partial charge in [-0.2, -0.15) is 0 Å². The van der Waals surface area contributed by atoms with E-state index in [0.717, 1.165) is 13.0 Å². The summed E-state index contributed by atoms with van der Waals surface area (Å²) in [7, 11) is -1.15. The van der Waals surface area contributed by atoms with E-state index in [1.807, 2.05) is 6.07 Å². The van der Waals surface area contributed by atoms with E-state index in [4.69, 9.17) is 9.05 Å². The lowest BCUT2D eigenvalue weighted by molar-refractivity contribution is 0.0953. The largest absolute Gasteiger partial charge is 0.314 e. The fourth-order valence-electron chi connectivity index (χ4n) is 4.63. The first-order chi connectivity index (χ1) is 14.3. The highest BCUT2D eigenvalue weighted by Crippen LogP contribution is 2.66. The molecule has 1 unspecified atom stereocenters. The zero-order chi connectivity index (χ0) is 19.7. The average Bonchev–Trinajstić information content (AvgIpc) is 3.39. The molecule has 0 N–H and O–H groups in total. The quantitative estimate of drug-likeness (QED) is 0.458. The van der Waals surface area contributed by atoms with Crippen molar-refractivity contribution in [2.24, 2.45) is 0 Å². The summed E-state index contributed by atoms with van der Waals surface area (Å²) in [5, 5.41) is 0. The van der Waals surface area contributed by atoms with Crippen LogP contribution in [-0.2, 0) is 14.6 Å². The lowest BCUT2D eigenvalue weighted by Crippen LogP contribution is -2.40. The second-order valence-electron chi connectivity index (χ2n) is 7.78. The van der Waals surface area contributed by atoms with E-state index in [-0.39, 0.29) is 6.10 Å². The first kappa shape index (κ1) is 19.0. The van der Waals surface area contributed by atoms with Gasteiger partial charge in [-0.25, -0.2) is 4.67 Å². The van der Waals surface area contributed by atoms with Crippen molar-refractivity contribution in [3.63, 3.8) is 0 Å². The Morgan fingerprint density at radius 1 is 0.897 bits per heavy atom. The van der Waals surface area contributed by atoms with Crippen molar-refractivity contribution in [2.75, 3.05) is 6.54 Å². The van der Waals surface area contributed by atoms with Crippen molar-refractivity contribution in [3.05, 3.63) is 108 Å². The highest BCUT2D eigenvalue weighted by Gasteiger charge is 2.58. The van der Waals surface area contributed by atoms with Crippen LogP contribution in [0, 0.1) is 0 Å². The number of hydrogen-bond acceptors (Lipinski definition) is 3. The fraction of sp³-hybridized carbons (Fsp3) is 0.280. The first-order valence-corrected chi connectivity index (χ1v) is 11.5. The van der Waals surface area contributed by atoms with Crippen LogP contribution in [0.2, 0.25) is 0 Å². The predicted octanol–water partition coefficient (Wildman–Crippen LogP) is 6.43. The molecule has 2 heterocycles. The molecule has 3 nitrogen and oxygen atoms in total. The minimum Gasteiger partial charge on any atom is -0.314 e. The molecule has 3 aromatic carbocycles. The summed E-state index contributed by atoms with van der Waals surface area (Å²) >= 11 is 0. The Labute approximate surface area is 174 Å². The second-order valence-corrected chi connectivity index (χ2v) is 9.16. The summed E-state index contributed by atoms with van der Waals surface area (Å²) in [5.41, 5.74) is 3.13. The molecular weight excluding hydrogens is 377 g/mol. The third kappa shape index (κ3) is 3.33. The molecule has 0 amide bonds. The van der Waals surface area contributed by atoms with E-state index in [2.05, 4.69) is 96.5 Å². The van der Waals surface area contributed by atoms with Gasteiger partial charge in [-0.15, -0.1) is 0 Å². The van der Waals surface area contributed by atoms with Crippen molar-refractivity contribution >= 4 is 8.53 Å². The van der Waals surface area contributed by atoms with Crippen molar-refractivity contribution in [1.82, 2.24) is 4.67 Å². The van der Waals surface area contributed by atoms with Gasteiger partial charge in [-0.05, 0) is 36.5 Å². The van der Waals surface area contributed by atoms with Crippen molar-refractivity contribution in [1.29, 1.82) is 0 Å². The van der Waals surface area contributed by atoms with Crippen LogP contribution in [0.4, 0.5) is 0 Å². The van der Waals surface area contributed by atoms with Gasteiger partial charge in [0.05, 0.1) is 12.1 Å². The average molecular weight is 403 g/mol.